The molecule has 0 aliphatic rings. The zero-order valence-electron chi connectivity index (χ0n) is 18.4. The number of rotatable bonds is 8. The highest BCUT2D eigenvalue weighted by Gasteiger charge is 2.27. The number of carbonyl (C=O) groups is 1. The number of para-hydroxylation sites is 2. The van der Waals surface area contributed by atoms with E-state index in [1.54, 1.807) is 36.5 Å². The minimum absolute atomic E-state index is 0.0504. The minimum Gasteiger partial charge on any atom is -0.350 e. The van der Waals surface area contributed by atoms with Gasteiger partial charge in [0.05, 0.1) is 16.3 Å². The molecule has 0 aliphatic carbocycles. The Kier molecular flexibility index (Phi) is 7.00. The molecule has 34 heavy (non-hydrogen) atoms. The first-order valence-corrected chi connectivity index (χ1v) is 12.4. The first-order chi connectivity index (χ1) is 16.4. The van der Waals surface area contributed by atoms with E-state index in [9.17, 15) is 13.2 Å². The molecule has 1 heterocycles. The van der Waals surface area contributed by atoms with Crippen molar-refractivity contribution in [2.45, 2.75) is 18.4 Å². The van der Waals surface area contributed by atoms with Crippen molar-refractivity contribution in [1.82, 2.24) is 14.9 Å². The molecule has 4 aromatic rings. The van der Waals surface area contributed by atoms with Gasteiger partial charge in [0.2, 0.25) is 5.91 Å². The van der Waals surface area contributed by atoms with Crippen LogP contribution in [0.2, 0.25) is 5.02 Å². The van der Waals surface area contributed by atoms with E-state index in [4.69, 9.17) is 11.6 Å². The Morgan fingerprint density at radius 2 is 1.68 bits per heavy atom. The van der Waals surface area contributed by atoms with Crippen molar-refractivity contribution in [3.05, 3.63) is 108 Å². The number of benzene rings is 3. The number of nitrogens with zero attached hydrogens (tertiary/aromatic N) is 3. The van der Waals surface area contributed by atoms with Crippen molar-refractivity contribution in [1.29, 1.82) is 0 Å². The van der Waals surface area contributed by atoms with Crippen LogP contribution in [0.5, 0.6) is 0 Å². The first-order valence-electron chi connectivity index (χ1n) is 10.5. The summed E-state index contributed by atoms with van der Waals surface area (Å²) in [5.41, 5.74) is 2.16. The lowest BCUT2D eigenvalue weighted by molar-refractivity contribution is -0.119. The number of hydrogen-bond acceptors (Lipinski definition) is 4. The van der Waals surface area contributed by atoms with Gasteiger partial charge in [-0.1, -0.05) is 48.0 Å². The first kappa shape index (κ1) is 23.5. The highest BCUT2D eigenvalue weighted by Crippen LogP contribution is 2.24. The molecule has 0 atom stereocenters. The SMILES string of the molecule is Cc1nccn1-c1ccccc1CNC(=O)CN(c1ccccc1)S(=O)(=O)c1ccc(Cl)cc1. The molecule has 0 spiro atoms. The molecule has 3 aromatic carbocycles. The van der Waals surface area contributed by atoms with Gasteiger partial charge in [-0.3, -0.25) is 9.10 Å². The molecule has 0 aliphatic heterocycles. The summed E-state index contributed by atoms with van der Waals surface area (Å²) >= 11 is 5.92. The van der Waals surface area contributed by atoms with Crippen molar-refractivity contribution in [3.63, 3.8) is 0 Å². The molecular weight excluding hydrogens is 472 g/mol. The number of nitrogens with one attached hydrogen (secondary N) is 1. The van der Waals surface area contributed by atoms with Crippen molar-refractivity contribution < 1.29 is 13.2 Å². The van der Waals surface area contributed by atoms with Gasteiger partial charge in [-0.2, -0.15) is 0 Å². The van der Waals surface area contributed by atoms with Crippen LogP contribution >= 0.6 is 11.6 Å². The molecule has 7 nitrogen and oxygen atoms in total. The van der Waals surface area contributed by atoms with Crippen molar-refractivity contribution in [3.8, 4) is 5.69 Å². The summed E-state index contributed by atoms with van der Waals surface area (Å²) in [6.07, 6.45) is 3.57. The topological polar surface area (TPSA) is 84.3 Å². The summed E-state index contributed by atoms with van der Waals surface area (Å²) in [7, 11) is -4.00. The summed E-state index contributed by atoms with van der Waals surface area (Å²) in [5, 5.41) is 3.28. The van der Waals surface area contributed by atoms with Crippen LogP contribution in [0.25, 0.3) is 5.69 Å². The van der Waals surface area contributed by atoms with E-state index in [2.05, 4.69) is 10.3 Å². The maximum atomic E-state index is 13.4. The predicted octanol–water partition coefficient (Wildman–Crippen LogP) is 4.35. The fourth-order valence-electron chi connectivity index (χ4n) is 3.55. The van der Waals surface area contributed by atoms with Crippen LogP contribution in [0.1, 0.15) is 11.4 Å². The summed E-state index contributed by atoms with van der Waals surface area (Å²) in [6, 6.07) is 22.0. The number of imidazole rings is 1. The maximum absolute atomic E-state index is 13.4. The fourth-order valence-corrected chi connectivity index (χ4v) is 5.10. The highest BCUT2D eigenvalue weighted by atomic mass is 35.5. The van der Waals surface area contributed by atoms with Gasteiger partial charge in [0.1, 0.15) is 12.4 Å². The third-order valence-corrected chi connectivity index (χ3v) is 7.33. The normalized spacial score (nSPS) is 11.2. The molecule has 0 radical (unpaired) electrons. The molecule has 1 N–H and O–H groups in total. The molecule has 9 heteroatoms. The molecule has 1 amide bonds. The summed E-state index contributed by atoms with van der Waals surface area (Å²) in [5.74, 6) is 0.390. The Balaban J connectivity index is 1.56. The zero-order chi connectivity index (χ0) is 24.1. The number of aryl methyl sites for hydroxylation is 1. The van der Waals surface area contributed by atoms with Gasteiger partial charge < -0.3 is 9.88 Å². The molecule has 0 saturated carbocycles. The Morgan fingerprint density at radius 1 is 1.00 bits per heavy atom. The number of amides is 1. The van der Waals surface area contributed by atoms with E-state index in [1.165, 1.54) is 24.3 Å². The quantitative estimate of drug-likeness (QED) is 0.395. The second-order valence-electron chi connectivity index (χ2n) is 7.55. The standard InChI is InChI=1S/C25H23ClN4O3S/c1-19-27-15-16-29(19)24-10-6-5-7-20(24)17-28-25(31)18-30(22-8-3-2-4-9-22)34(32,33)23-13-11-21(26)12-14-23/h2-16H,17-18H2,1H3,(H,28,31). The number of hydrogen-bond donors (Lipinski definition) is 1. The van der Waals surface area contributed by atoms with E-state index in [0.717, 1.165) is 21.4 Å². The Hall–Kier alpha value is -3.62. The molecule has 174 valence electrons. The van der Waals surface area contributed by atoms with Crippen LogP contribution in [0, 0.1) is 6.92 Å². The monoisotopic (exact) mass is 494 g/mol. The largest absolute Gasteiger partial charge is 0.350 e. The number of anilines is 1. The van der Waals surface area contributed by atoms with Crippen LogP contribution in [0.15, 0.2) is 96.2 Å². The lowest BCUT2D eigenvalue weighted by atomic mass is 10.1. The third kappa shape index (κ3) is 5.13. The smallest absolute Gasteiger partial charge is 0.264 e. The van der Waals surface area contributed by atoms with Crippen LogP contribution in [-0.2, 0) is 21.4 Å². The van der Waals surface area contributed by atoms with E-state index >= 15 is 0 Å². The van der Waals surface area contributed by atoms with Gasteiger partial charge >= 0.3 is 0 Å². The van der Waals surface area contributed by atoms with Gasteiger partial charge in [-0.25, -0.2) is 13.4 Å². The van der Waals surface area contributed by atoms with Gasteiger partial charge in [-0.05, 0) is 55.0 Å². The van der Waals surface area contributed by atoms with Gasteiger partial charge in [0.15, 0.2) is 0 Å². The highest BCUT2D eigenvalue weighted by molar-refractivity contribution is 7.92. The summed E-state index contributed by atoms with van der Waals surface area (Å²) in [6.45, 7) is 1.76. The van der Waals surface area contributed by atoms with E-state index in [0.29, 0.717) is 10.7 Å². The Labute approximate surface area is 203 Å². The molecule has 4 rings (SSSR count). The van der Waals surface area contributed by atoms with Gasteiger partial charge in [-0.15, -0.1) is 0 Å². The van der Waals surface area contributed by atoms with E-state index in [1.807, 2.05) is 42.0 Å². The van der Waals surface area contributed by atoms with Crippen molar-refractivity contribution >= 4 is 33.2 Å². The minimum atomic E-state index is -4.00. The van der Waals surface area contributed by atoms with E-state index in [-0.39, 0.29) is 18.0 Å². The van der Waals surface area contributed by atoms with Crippen molar-refractivity contribution in [2.24, 2.45) is 0 Å². The van der Waals surface area contributed by atoms with Crippen LogP contribution in [0.4, 0.5) is 5.69 Å². The summed E-state index contributed by atoms with van der Waals surface area (Å²) < 4.78 is 29.8. The van der Waals surface area contributed by atoms with Crippen LogP contribution in [-0.4, -0.2) is 30.4 Å². The molecule has 0 bridgehead atoms. The summed E-state index contributed by atoms with van der Waals surface area (Å²) in [4.78, 5) is 17.2. The molecule has 0 fully saturated rings. The molecular formula is C25H23ClN4O3S. The molecule has 0 unspecified atom stereocenters. The average Bonchev–Trinajstić information content (AvgIpc) is 3.27. The van der Waals surface area contributed by atoms with Gasteiger partial charge in [0, 0.05) is 24.0 Å². The molecule has 0 saturated heterocycles. The Morgan fingerprint density at radius 3 is 2.35 bits per heavy atom. The molecule has 1 aromatic heterocycles. The lowest BCUT2D eigenvalue weighted by Gasteiger charge is -2.24. The predicted molar refractivity (Wildman–Crippen MR) is 133 cm³/mol. The maximum Gasteiger partial charge on any atom is 0.264 e. The number of aromatic nitrogens is 2. The second-order valence-corrected chi connectivity index (χ2v) is 9.85. The lowest BCUT2D eigenvalue weighted by Crippen LogP contribution is -2.40. The average molecular weight is 495 g/mol. The number of carbonyl (C=O) groups excluding carboxylic acids is 1. The van der Waals surface area contributed by atoms with E-state index < -0.39 is 15.9 Å². The third-order valence-electron chi connectivity index (χ3n) is 5.29. The fraction of sp³-hybridized carbons (Fsp3) is 0.120. The second kappa shape index (κ2) is 10.1. The van der Waals surface area contributed by atoms with Crippen molar-refractivity contribution in [2.75, 3.05) is 10.8 Å². The van der Waals surface area contributed by atoms with Gasteiger partial charge in [0.25, 0.3) is 10.0 Å². The van der Waals surface area contributed by atoms with Crippen LogP contribution < -0.4 is 9.62 Å². The van der Waals surface area contributed by atoms with Crippen LogP contribution in [0.3, 0.4) is 0 Å². The number of sulfonamides is 1. The zero-order valence-corrected chi connectivity index (χ0v) is 20.0. The Bertz CT molecular complexity index is 1390. The number of halogens is 1.